The zero-order valence-electron chi connectivity index (χ0n) is 15.5. The number of hydrogen-bond donors (Lipinski definition) is 0. The molecule has 0 spiro atoms. The lowest BCUT2D eigenvalue weighted by Crippen LogP contribution is -1.88. The normalized spacial score (nSPS) is 12.1. The van der Waals surface area contributed by atoms with Crippen LogP contribution in [0.15, 0.2) is 62.6 Å². The number of nitro benzene ring substituents is 1. The van der Waals surface area contributed by atoms with Crippen molar-refractivity contribution in [2.24, 2.45) is 0 Å². The number of nitrogens with zero attached hydrogens (tertiary/aromatic N) is 5. The van der Waals surface area contributed by atoms with Gasteiger partial charge < -0.3 is 8.83 Å². The molecular weight excluding hydrogens is 394 g/mol. The number of aromatic nitrogens is 4. The highest BCUT2D eigenvalue weighted by Gasteiger charge is 2.20. The smallest absolute Gasteiger partial charge is 0.277 e. The first-order valence-corrected chi connectivity index (χ1v) is 9.53. The van der Waals surface area contributed by atoms with Crippen LogP contribution in [0.3, 0.4) is 0 Å². The minimum absolute atomic E-state index is 0.00165. The quantitative estimate of drug-likeness (QED) is 0.250. The summed E-state index contributed by atoms with van der Waals surface area (Å²) in [6, 6.07) is 13.7. The third-order valence-corrected chi connectivity index (χ3v) is 4.98. The van der Waals surface area contributed by atoms with Gasteiger partial charge in [-0.3, -0.25) is 10.1 Å². The van der Waals surface area contributed by atoms with Crippen LogP contribution in [-0.2, 0) is 0 Å². The van der Waals surface area contributed by atoms with Crippen molar-refractivity contribution in [3.05, 3.63) is 70.1 Å². The van der Waals surface area contributed by atoms with E-state index in [1.54, 1.807) is 12.1 Å². The minimum atomic E-state index is -0.461. The van der Waals surface area contributed by atoms with Crippen molar-refractivity contribution in [3.8, 4) is 22.9 Å². The molecule has 0 aliphatic carbocycles. The summed E-state index contributed by atoms with van der Waals surface area (Å²) in [5.74, 6) is 1.12. The van der Waals surface area contributed by atoms with Crippen LogP contribution in [0.25, 0.3) is 22.9 Å². The van der Waals surface area contributed by atoms with Gasteiger partial charge in [0.2, 0.25) is 17.7 Å². The Kier molecular flexibility index (Phi) is 5.09. The zero-order valence-corrected chi connectivity index (χ0v) is 16.3. The third-order valence-electron chi connectivity index (χ3n) is 4.06. The van der Waals surface area contributed by atoms with Crippen molar-refractivity contribution in [1.29, 1.82) is 0 Å². The highest BCUT2D eigenvalue weighted by Crippen LogP contribution is 2.35. The van der Waals surface area contributed by atoms with E-state index in [9.17, 15) is 10.1 Å². The average molecular weight is 409 g/mol. The summed E-state index contributed by atoms with van der Waals surface area (Å²) in [4.78, 5) is 10.3. The Morgan fingerprint density at radius 2 is 1.69 bits per heavy atom. The molecule has 4 rings (SSSR count). The van der Waals surface area contributed by atoms with Crippen LogP contribution >= 0.6 is 11.8 Å². The molecule has 0 amide bonds. The molecule has 9 nitrogen and oxygen atoms in total. The molecule has 2 aromatic heterocycles. The van der Waals surface area contributed by atoms with E-state index in [4.69, 9.17) is 8.83 Å². The highest BCUT2D eigenvalue weighted by atomic mass is 32.2. The van der Waals surface area contributed by atoms with E-state index in [-0.39, 0.29) is 16.8 Å². The number of nitro groups is 1. The van der Waals surface area contributed by atoms with Crippen molar-refractivity contribution in [1.82, 2.24) is 20.4 Å². The van der Waals surface area contributed by atoms with Gasteiger partial charge in [0, 0.05) is 23.3 Å². The van der Waals surface area contributed by atoms with E-state index in [1.165, 1.54) is 23.9 Å². The Labute approximate surface area is 169 Å². The largest absolute Gasteiger partial charge is 0.419 e. The fraction of sp³-hybridized carbons (Fsp3) is 0.158. The van der Waals surface area contributed by atoms with Gasteiger partial charge in [-0.2, -0.15) is 0 Å². The Morgan fingerprint density at radius 1 is 0.966 bits per heavy atom. The Morgan fingerprint density at radius 3 is 2.41 bits per heavy atom. The van der Waals surface area contributed by atoms with Crippen molar-refractivity contribution in [2.45, 2.75) is 24.3 Å². The summed E-state index contributed by atoms with van der Waals surface area (Å²) in [5.41, 5.74) is 2.56. The van der Waals surface area contributed by atoms with Crippen molar-refractivity contribution < 1.29 is 13.8 Å². The Balaban J connectivity index is 1.47. The molecule has 0 radical (unpaired) electrons. The zero-order chi connectivity index (χ0) is 20.4. The maximum absolute atomic E-state index is 10.8. The van der Waals surface area contributed by atoms with Gasteiger partial charge in [0.25, 0.3) is 10.9 Å². The SMILES string of the molecule is Cc1cccc(-c2nnc(S[C@@H](C)c3nnc(-c4ccc([N+](=O)[O-])cc4)o3)o2)c1. The van der Waals surface area contributed by atoms with Crippen molar-refractivity contribution in [3.63, 3.8) is 0 Å². The topological polar surface area (TPSA) is 121 Å². The van der Waals surface area contributed by atoms with Gasteiger partial charge in [-0.05, 0) is 38.1 Å². The second kappa shape index (κ2) is 7.84. The maximum Gasteiger partial charge on any atom is 0.277 e. The molecule has 10 heteroatoms. The summed E-state index contributed by atoms with van der Waals surface area (Å²) >= 11 is 1.31. The Bertz CT molecular complexity index is 1160. The van der Waals surface area contributed by atoms with E-state index in [0.29, 0.717) is 22.6 Å². The lowest BCUT2D eigenvalue weighted by atomic mass is 10.1. The van der Waals surface area contributed by atoms with Crippen LogP contribution in [0.5, 0.6) is 0 Å². The molecule has 1 atom stereocenters. The van der Waals surface area contributed by atoms with Gasteiger partial charge in [0.15, 0.2) is 0 Å². The molecule has 2 heterocycles. The average Bonchev–Trinajstić information content (AvgIpc) is 3.38. The number of aryl methyl sites for hydroxylation is 1. The number of hydrogen-bond acceptors (Lipinski definition) is 9. The lowest BCUT2D eigenvalue weighted by Gasteiger charge is -2.02. The third kappa shape index (κ3) is 4.16. The van der Waals surface area contributed by atoms with Gasteiger partial charge in [0.1, 0.15) is 0 Å². The van der Waals surface area contributed by atoms with E-state index in [0.717, 1.165) is 11.1 Å². The van der Waals surface area contributed by atoms with E-state index < -0.39 is 4.92 Å². The van der Waals surface area contributed by atoms with Crippen LogP contribution < -0.4 is 0 Å². The second-order valence-corrected chi connectivity index (χ2v) is 7.54. The standard InChI is InChI=1S/C19H15N5O4S/c1-11-4-3-5-14(10-11)18-22-23-19(28-18)29-12(2)16-20-21-17(27-16)13-6-8-15(9-7-13)24(25)26/h3-10,12H,1-2H3/t12-/m0/s1. The van der Waals surface area contributed by atoms with Gasteiger partial charge in [-0.15, -0.1) is 20.4 Å². The monoisotopic (exact) mass is 409 g/mol. The van der Waals surface area contributed by atoms with E-state index in [1.807, 2.05) is 38.1 Å². The molecule has 146 valence electrons. The summed E-state index contributed by atoms with van der Waals surface area (Å²) in [7, 11) is 0. The van der Waals surface area contributed by atoms with Gasteiger partial charge >= 0.3 is 0 Å². The molecule has 0 aliphatic rings. The highest BCUT2D eigenvalue weighted by molar-refractivity contribution is 7.99. The van der Waals surface area contributed by atoms with Crippen molar-refractivity contribution >= 4 is 17.4 Å². The fourth-order valence-corrected chi connectivity index (χ4v) is 3.31. The first-order valence-electron chi connectivity index (χ1n) is 8.65. The minimum Gasteiger partial charge on any atom is -0.419 e. The summed E-state index contributed by atoms with van der Waals surface area (Å²) in [6.45, 7) is 3.88. The number of thioether (sulfide) groups is 1. The molecule has 4 aromatic rings. The molecule has 0 saturated heterocycles. The van der Waals surface area contributed by atoms with Crippen molar-refractivity contribution in [2.75, 3.05) is 0 Å². The fourth-order valence-electron chi connectivity index (χ4n) is 2.60. The summed E-state index contributed by atoms with van der Waals surface area (Å²) in [5, 5.41) is 27.2. The predicted molar refractivity (Wildman–Crippen MR) is 105 cm³/mol. The summed E-state index contributed by atoms with van der Waals surface area (Å²) < 4.78 is 11.4. The number of non-ortho nitro benzene ring substituents is 1. The second-order valence-electron chi connectivity index (χ2n) is 6.25. The lowest BCUT2D eigenvalue weighted by molar-refractivity contribution is -0.384. The van der Waals surface area contributed by atoms with Crippen LogP contribution in [0, 0.1) is 17.0 Å². The molecular formula is C19H15N5O4S. The van der Waals surface area contributed by atoms with Crippen LogP contribution in [0.2, 0.25) is 0 Å². The molecule has 0 fully saturated rings. The molecule has 0 N–H and O–H groups in total. The predicted octanol–water partition coefficient (Wildman–Crippen LogP) is 4.86. The molecule has 29 heavy (non-hydrogen) atoms. The number of rotatable bonds is 6. The van der Waals surface area contributed by atoms with E-state index >= 15 is 0 Å². The van der Waals surface area contributed by atoms with Gasteiger partial charge in [-0.1, -0.05) is 29.5 Å². The molecule has 0 bridgehead atoms. The van der Waals surface area contributed by atoms with E-state index in [2.05, 4.69) is 20.4 Å². The first-order chi connectivity index (χ1) is 14.0. The Hall–Kier alpha value is -3.53. The molecule has 0 aliphatic heterocycles. The molecule has 2 aromatic carbocycles. The van der Waals surface area contributed by atoms with Gasteiger partial charge in [0.05, 0.1) is 10.2 Å². The molecule has 0 saturated carbocycles. The summed E-state index contributed by atoms with van der Waals surface area (Å²) in [6.07, 6.45) is 0. The van der Waals surface area contributed by atoms with Gasteiger partial charge in [-0.25, -0.2) is 0 Å². The first kappa shape index (κ1) is 18.8. The van der Waals surface area contributed by atoms with Crippen LogP contribution in [-0.4, -0.2) is 25.3 Å². The number of benzene rings is 2. The van der Waals surface area contributed by atoms with Crippen LogP contribution in [0.4, 0.5) is 5.69 Å². The van der Waals surface area contributed by atoms with Crippen LogP contribution in [0.1, 0.15) is 23.6 Å². The maximum atomic E-state index is 10.8. The molecule has 0 unspecified atom stereocenters.